The quantitative estimate of drug-likeness (QED) is 0.103. The summed E-state index contributed by atoms with van der Waals surface area (Å²) in [5, 5.41) is 30.4. The predicted octanol–water partition coefficient (Wildman–Crippen LogP) is 8.45. The van der Waals surface area contributed by atoms with Crippen LogP contribution in [0.3, 0.4) is 0 Å². The van der Waals surface area contributed by atoms with E-state index in [1.54, 1.807) is 41.2 Å². The third-order valence-electron chi connectivity index (χ3n) is 9.50. The second-order valence-corrected chi connectivity index (χ2v) is 14.0. The van der Waals surface area contributed by atoms with Crippen molar-refractivity contribution in [3.8, 4) is 22.3 Å². The van der Waals surface area contributed by atoms with Crippen molar-refractivity contribution in [2.45, 2.75) is 88.0 Å². The highest BCUT2D eigenvalue weighted by molar-refractivity contribution is 6.29. The molecular weight excluding hydrogens is 750 g/mol. The Morgan fingerprint density at radius 3 is 1.62 bits per heavy atom. The standard InChI is InChI=1S/C19H19F3N4O.C13H7ClF3N3.C6H13NO/c20-19(21,22)13-3-1-2-12(10-13)16-11-23-26-9-8-17(25-18(16)26)24-14-4-6-15(27)7-5-14;14-11-4-5-20-12(19-11)10(7-18-20)8-2-1-3-9(6-8)13(15,16)17;7-5-1-3-6(8)4-2-5/h1-3,8-11,14-15,27H,4-7H2,(H,24,25);1-7H;5-6,8H,1-4,7H2. The molecule has 55 heavy (non-hydrogen) atoms. The van der Waals surface area contributed by atoms with Gasteiger partial charge < -0.3 is 21.3 Å². The molecule has 0 radical (unpaired) electrons. The summed E-state index contributed by atoms with van der Waals surface area (Å²) >= 11 is 5.81. The van der Waals surface area contributed by atoms with E-state index in [-0.39, 0.29) is 23.4 Å². The van der Waals surface area contributed by atoms with Crippen molar-refractivity contribution in [3.63, 3.8) is 0 Å². The van der Waals surface area contributed by atoms with Gasteiger partial charge in [0.25, 0.3) is 0 Å². The second kappa shape index (κ2) is 16.9. The number of alkyl halides is 6. The minimum absolute atomic E-state index is 0.0604. The molecule has 2 aromatic carbocycles. The van der Waals surface area contributed by atoms with Gasteiger partial charge in [0.05, 0.1) is 35.7 Å². The van der Waals surface area contributed by atoms with Crippen molar-refractivity contribution in [1.82, 2.24) is 29.2 Å². The van der Waals surface area contributed by atoms with Crippen molar-refractivity contribution in [3.05, 3.63) is 102 Å². The van der Waals surface area contributed by atoms with E-state index in [2.05, 4.69) is 25.5 Å². The van der Waals surface area contributed by atoms with Crippen LogP contribution in [0, 0.1) is 0 Å². The summed E-state index contributed by atoms with van der Waals surface area (Å²) in [7, 11) is 0. The monoisotopic (exact) mass is 788 g/mol. The topological polar surface area (TPSA) is 139 Å². The van der Waals surface area contributed by atoms with Crippen molar-refractivity contribution < 1.29 is 36.6 Å². The Hall–Kier alpha value is -4.77. The first-order chi connectivity index (χ1) is 26.1. The van der Waals surface area contributed by atoms with E-state index in [0.29, 0.717) is 45.4 Å². The molecule has 0 amide bonds. The first-order valence-corrected chi connectivity index (χ1v) is 18.1. The summed E-state index contributed by atoms with van der Waals surface area (Å²) in [6.45, 7) is 0. The fourth-order valence-electron chi connectivity index (χ4n) is 6.46. The minimum Gasteiger partial charge on any atom is -0.393 e. The number of aliphatic hydroxyl groups is 2. The van der Waals surface area contributed by atoms with Crippen LogP contribution in [-0.4, -0.2) is 63.7 Å². The summed E-state index contributed by atoms with van der Waals surface area (Å²) in [5.41, 5.74) is 6.94. The molecule has 8 rings (SSSR count). The molecule has 17 heteroatoms. The number of halogens is 7. The van der Waals surface area contributed by atoms with E-state index >= 15 is 0 Å². The molecule has 5 N–H and O–H groups in total. The Kier molecular flexibility index (Phi) is 12.3. The lowest BCUT2D eigenvalue weighted by Crippen LogP contribution is -2.28. The van der Waals surface area contributed by atoms with Gasteiger partial charge in [-0.25, -0.2) is 19.0 Å². The van der Waals surface area contributed by atoms with E-state index in [0.717, 1.165) is 75.6 Å². The number of hydrogen-bond donors (Lipinski definition) is 4. The Morgan fingerprint density at radius 1 is 0.655 bits per heavy atom. The molecule has 292 valence electrons. The summed E-state index contributed by atoms with van der Waals surface area (Å²) in [4.78, 5) is 8.65. The number of hydrogen-bond acceptors (Lipinski definition) is 8. The number of fused-ring (bicyclic) bond motifs is 2. The Bertz CT molecular complexity index is 2180. The number of rotatable bonds is 4. The normalized spacial score (nSPS) is 20.3. The van der Waals surface area contributed by atoms with Crippen LogP contribution in [0.1, 0.15) is 62.5 Å². The summed E-state index contributed by atoms with van der Waals surface area (Å²) in [6, 6.07) is 14.1. The zero-order chi connectivity index (χ0) is 39.3. The number of nitrogens with zero attached hydrogens (tertiary/aromatic N) is 6. The van der Waals surface area contributed by atoms with Crippen LogP contribution in [0.25, 0.3) is 33.5 Å². The molecule has 4 heterocycles. The maximum Gasteiger partial charge on any atom is 0.416 e. The van der Waals surface area contributed by atoms with Gasteiger partial charge >= 0.3 is 12.4 Å². The van der Waals surface area contributed by atoms with Crippen molar-refractivity contribution in [1.29, 1.82) is 0 Å². The highest BCUT2D eigenvalue weighted by Crippen LogP contribution is 2.35. The fraction of sp³-hybridized carbons (Fsp3) is 0.368. The zero-order valence-corrected chi connectivity index (χ0v) is 30.1. The first kappa shape index (κ1) is 39.9. The molecule has 2 aliphatic carbocycles. The van der Waals surface area contributed by atoms with Crippen LogP contribution >= 0.6 is 11.6 Å². The molecule has 0 bridgehead atoms. The fourth-order valence-corrected chi connectivity index (χ4v) is 6.60. The Balaban J connectivity index is 0.000000160. The van der Waals surface area contributed by atoms with E-state index in [1.165, 1.54) is 29.0 Å². The number of nitrogens with one attached hydrogen (secondary N) is 1. The number of aromatic nitrogens is 6. The molecule has 0 unspecified atom stereocenters. The van der Waals surface area contributed by atoms with Crippen molar-refractivity contribution in [2.75, 3.05) is 5.32 Å². The number of benzene rings is 2. The van der Waals surface area contributed by atoms with E-state index in [9.17, 15) is 31.4 Å². The lowest BCUT2D eigenvalue weighted by molar-refractivity contribution is -0.138. The van der Waals surface area contributed by atoms with Gasteiger partial charge in [-0.2, -0.15) is 36.5 Å². The Labute approximate surface area is 317 Å². The van der Waals surface area contributed by atoms with Crippen molar-refractivity contribution in [2.24, 2.45) is 5.73 Å². The van der Waals surface area contributed by atoms with E-state index < -0.39 is 23.5 Å². The van der Waals surface area contributed by atoms with Gasteiger partial charge in [0.2, 0.25) is 0 Å². The number of nitrogens with two attached hydrogens (primary N) is 1. The largest absolute Gasteiger partial charge is 0.416 e. The minimum atomic E-state index is -4.40. The zero-order valence-electron chi connectivity index (χ0n) is 29.3. The van der Waals surface area contributed by atoms with Gasteiger partial charge in [0, 0.05) is 35.6 Å². The highest BCUT2D eigenvalue weighted by atomic mass is 35.5. The summed E-state index contributed by atoms with van der Waals surface area (Å²) in [6.07, 6.45) is 4.27. The van der Waals surface area contributed by atoms with Gasteiger partial charge in [-0.05, 0) is 98.9 Å². The number of anilines is 1. The van der Waals surface area contributed by atoms with Gasteiger partial charge in [0.1, 0.15) is 11.0 Å². The lowest BCUT2D eigenvalue weighted by Gasteiger charge is -2.26. The molecule has 2 aliphatic rings. The average molecular weight is 789 g/mol. The van der Waals surface area contributed by atoms with Crippen LogP contribution in [0.4, 0.5) is 32.2 Å². The Morgan fingerprint density at radius 2 is 1.13 bits per heavy atom. The van der Waals surface area contributed by atoms with Crippen molar-refractivity contribution >= 4 is 28.7 Å². The molecule has 6 aromatic rings. The van der Waals surface area contributed by atoms with Crippen LogP contribution in [-0.2, 0) is 12.4 Å². The van der Waals surface area contributed by atoms with Gasteiger partial charge in [-0.3, -0.25) is 0 Å². The third-order valence-corrected chi connectivity index (χ3v) is 9.71. The maximum atomic E-state index is 13.0. The SMILES string of the molecule is FC(F)(F)c1cccc(-c2cnn3ccc(Cl)nc23)c1.NC1CCC(O)CC1.OC1CCC(Nc2ccn3ncc(-c4cccc(C(F)(F)F)c4)c3n2)CC1. The molecule has 4 aromatic heterocycles. The molecule has 0 saturated heterocycles. The molecule has 0 aliphatic heterocycles. The third kappa shape index (κ3) is 10.3. The lowest BCUT2D eigenvalue weighted by atomic mass is 9.93. The van der Waals surface area contributed by atoms with Gasteiger partial charge in [0.15, 0.2) is 11.3 Å². The highest BCUT2D eigenvalue weighted by Gasteiger charge is 2.32. The van der Waals surface area contributed by atoms with Crippen LogP contribution < -0.4 is 11.1 Å². The molecular formula is C38H39ClF6N8O2. The summed E-state index contributed by atoms with van der Waals surface area (Å²) < 4.78 is 80.2. The van der Waals surface area contributed by atoms with Gasteiger partial charge in [-0.1, -0.05) is 35.9 Å². The first-order valence-electron chi connectivity index (χ1n) is 17.7. The molecule has 2 saturated carbocycles. The molecule has 0 spiro atoms. The predicted molar refractivity (Wildman–Crippen MR) is 196 cm³/mol. The van der Waals surface area contributed by atoms with Crippen LogP contribution in [0.2, 0.25) is 5.15 Å². The number of aliphatic hydroxyl groups excluding tert-OH is 2. The molecule has 10 nitrogen and oxygen atoms in total. The maximum absolute atomic E-state index is 13.0. The molecule has 2 fully saturated rings. The van der Waals surface area contributed by atoms with Crippen LogP contribution in [0.5, 0.6) is 0 Å². The average Bonchev–Trinajstić information content (AvgIpc) is 3.78. The van der Waals surface area contributed by atoms with E-state index in [4.69, 9.17) is 22.4 Å². The second-order valence-electron chi connectivity index (χ2n) is 13.6. The van der Waals surface area contributed by atoms with Crippen LogP contribution in [0.15, 0.2) is 85.5 Å². The summed E-state index contributed by atoms with van der Waals surface area (Å²) in [5.74, 6) is 0.651. The molecule has 0 atom stereocenters. The van der Waals surface area contributed by atoms with E-state index in [1.807, 2.05) is 0 Å². The van der Waals surface area contributed by atoms with Gasteiger partial charge in [-0.15, -0.1) is 0 Å². The smallest absolute Gasteiger partial charge is 0.393 e.